The number of amides is 1. The Balaban J connectivity index is 1.80. The van der Waals surface area contributed by atoms with Crippen LogP contribution in [0.1, 0.15) is 17.5 Å². The van der Waals surface area contributed by atoms with E-state index in [1.165, 1.54) is 0 Å². The van der Waals surface area contributed by atoms with Gasteiger partial charge in [0.1, 0.15) is 0 Å². The van der Waals surface area contributed by atoms with Gasteiger partial charge >= 0.3 is 12.1 Å². The number of halogens is 3. The zero-order valence-corrected chi connectivity index (χ0v) is 10.4. The molecule has 1 saturated carbocycles. The third-order valence-electron chi connectivity index (χ3n) is 4.26. The van der Waals surface area contributed by atoms with E-state index in [0.717, 1.165) is 16.9 Å². The summed E-state index contributed by atoms with van der Waals surface area (Å²) in [5.41, 5.74) is 1.09. The van der Waals surface area contributed by atoms with Crippen molar-refractivity contribution in [3.05, 3.63) is 35.4 Å². The number of carbonyl (C=O) groups is 1. The fourth-order valence-electron chi connectivity index (χ4n) is 3.14. The first kappa shape index (κ1) is 13.0. The number of piperidine rings is 1. The average Bonchev–Trinajstić information content (AvgIpc) is 2.99. The van der Waals surface area contributed by atoms with Gasteiger partial charge in [0.15, 0.2) is 0 Å². The van der Waals surface area contributed by atoms with Gasteiger partial charge in [0.2, 0.25) is 0 Å². The molecule has 2 atom stereocenters. The smallest absolute Gasteiger partial charge is 0.334 e. The van der Waals surface area contributed by atoms with Gasteiger partial charge in [-0.3, -0.25) is 4.79 Å². The van der Waals surface area contributed by atoms with Gasteiger partial charge in [0, 0.05) is 18.5 Å². The lowest BCUT2D eigenvalue weighted by Gasteiger charge is -2.22. The van der Waals surface area contributed by atoms with E-state index in [0.29, 0.717) is 5.56 Å². The van der Waals surface area contributed by atoms with Crippen molar-refractivity contribution in [1.29, 1.82) is 5.26 Å². The molecule has 2 fully saturated rings. The summed E-state index contributed by atoms with van der Waals surface area (Å²) in [4.78, 5) is 12.2. The normalized spacial score (nSPS) is 27.9. The molecule has 0 aromatic heterocycles. The number of benzene rings is 1. The van der Waals surface area contributed by atoms with Crippen molar-refractivity contribution in [2.24, 2.45) is 5.92 Å². The first-order valence-corrected chi connectivity index (χ1v) is 6.23. The Hall–Kier alpha value is -2.03. The molecule has 1 heterocycles. The molecule has 0 spiro atoms. The van der Waals surface area contributed by atoms with E-state index in [2.05, 4.69) is 0 Å². The number of nitriles is 1. The number of carbonyl (C=O) groups excluding carboxylic acids is 1. The highest BCUT2D eigenvalue weighted by molar-refractivity contribution is 5.82. The average molecular weight is 280 g/mol. The SMILES string of the molecule is N#Cc1ccc(C23C[C@@H]2CN(C(=O)C(F)(F)F)C3)cc1. The molecule has 0 N–H and O–H groups in total. The van der Waals surface area contributed by atoms with Gasteiger partial charge in [0.25, 0.3) is 0 Å². The predicted molar refractivity (Wildman–Crippen MR) is 63.6 cm³/mol. The predicted octanol–water partition coefficient (Wildman–Crippen LogP) is 2.22. The summed E-state index contributed by atoms with van der Waals surface area (Å²) in [6.07, 6.45) is -4.00. The monoisotopic (exact) mass is 280 g/mol. The quantitative estimate of drug-likeness (QED) is 0.791. The molecule has 3 nitrogen and oxygen atoms in total. The van der Waals surface area contributed by atoms with E-state index in [-0.39, 0.29) is 24.4 Å². The maximum Gasteiger partial charge on any atom is 0.471 e. The van der Waals surface area contributed by atoms with Crippen LogP contribution in [0, 0.1) is 17.2 Å². The summed E-state index contributed by atoms with van der Waals surface area (Å²) in [5, 5.41) is 8.74. The van der Waals surface area contributed by atoms with E-state index in [9.17, 15) is 18.0 Å². The molecule has 0 bridgehead atoms. The molecule has 1 aliphatic carbocycles. The van der Waals surface area contributed by atoms with E-state index < -0.39 is 12.1 Å². The molecule has 1 aliphatic heterocycles. The van der Waals surface area contributed by atoms with Crippen LogP contribution in [0.2, 0.25) is 0 Å². The van der Waals surface area contributed by atoms with Crippen molar-refractivity contribution in [1.82, 2.24) is 4.90 Å². The van der Waals surface area contributed by atoms with Crippen LogP contribution in [0.5, 0.6) is 0 Å². The fraction of sp³-hybridized carbons (Fsp3) is 0.429. The number of fused-ring (bicyclic) bond motifs is 1. The third kappa shape index (κ3) is 1.85. The number of alkyl halides is 3. The minimum atomic E-state index is -4.80. The maximum absolute atomic E-state index is 12.4. The van der Waals surface area contributed by atoms with Gasteiger partial charge in [-0.25, -0.2) is 0 Å². The molecular formula is C14H11F3N2O. The van der Waals surface area contributed by atoms with Gasteiger partial charge in [-0.1, -0.05) is 12.1 Å². The number of rotatable bonds is 1. The van der Waals surface area contributed by atoms with Crippen LogP contribution < -0.4 is 0 Å². The van der Waals surface area contributed by atoms with Crippen molar-refractivity contribution >= 4 is 5.91 Å². The highest BCUT2D eigenvalue weighted by Crippen LogP contribution is 2.59. The number of nitrogens with zero attached hydrogens (tertiary/aromatic N) is 2. The Morgan fingerprint density at radius 1 is 1.35 bits per heavy atom. The molecule has 1 amide bonds. The van der Waals surface area contributed by atoms with Crippen LogP contribution in [0.15, 0.2) is 24.3 Å². The molecular weight excluding hydrogens is 269 g/mol. The lowest BCUT2D eigenvalue weighted by molar-refractivity contribution is -0.184. The van der Waals surface area contributed by atoms with Gasteiger partial charge in [-0.15, -0.1) is 0 Å². The summed E-state index contributed by atoms with van der Waals surface area (Å²) in [6, 6.07) is 8.88. The van der Waals surface area contributed by atoms with Gasteiger partial charge < -0.3 is 4.90 Å². The van der Waals surface area contributed by atoms with Crippen LogP contribution in [0.3, 0.4) is 0 Å². The first-order chi connectivity index (χ1) is 9.37. The van der Waals surface area contributed by atoms with Crippen LogP contribution in [-0.4, -0.2) is 30.1 Å². The Kier molecular flexibility index (Phi) is 2.58. The molecule has 0 radical (unpaired) electrons. The summed E-state index contributed by atoms with van der Waals surface area (Å²) < 4.78 is 37.3. The van der Waals surface area contributed by atoms with Crippen LogP contribution in [0.25, 0.3) is 0 Å². The van der Waals surface area contributed by atoms with Crippen LogP contribution in [0.4, 0.5) is 13.2 Å². The Morgan fingerprint density at radius 2 is 2.00 bits per heavy atom. The molecule has 2 aliphatic rings. The fourth-order valence-corrected chi connectivity index (χ4v) is 3.14. The summed E-state index contributed by atoms with van der Waals surface area (Å²) in [5.74, 6) is -1.65. The molecule has 1 unspecified atom stereocenters. The number of hydrogen-bond donors (Lipinski definition) is 0. The summed E-state index contributed by atoms with van der Waals surface area (Å²) >= 11 is 0. The third-order valence-corrected chi connectivity index (χ3v) is 4.26. The Labute approximate surface area is 113 Å². The maximum atomic E-state index is 12.4. The van der Waals surface area contributed by atoms with Gasteiger partial charge in [-0.2, -0.15) is 18.4 Å². The molecule has 104 valence electrons. The second-order valence-corrected chi connectivity index (χ2v) is 5.43. The number of likely N-dealkylation sites (tertiary alicyclic amines) is 1. The highest BCUT2D eigenvalue weighted by atomic mass is 19.4. The Morgan fingerprint density at radius 3 is 2.55 bits per heavy atom. The lowest BCUT2D eigenvalue weighted by Crippen LogP contribution is -2.41. The minimum Gasteiger partial charge on any atom is -0.334 e. The standard InChI is InChI=1S/C14H11F3N2O/c15-14(16,17)12(20)19-7-11-5-13(11,8-19)10-3-1-9(6-18)2-4-10/h1-4,11H,5,7-8H2/t11-,13?/m1/s1. The first-order valence-electron chi connectivity index (χ1n) is 6.23. The van der Waals surface area contributed by atoms with E-state index >= 15 is 0 Å². The molecule has 3 rings (SSSR count). The van der Waals surface area contributed by atoms with Crippen molar-refractivity contribution in [3.8, 4) is 6.07 Å². The van der Waals surface area contributed by atoms with Gasteiger partial charge in [0.05, 0.1) is 11.6 Å². The summed E-state index contributed by atoms with van der Waals surface area (Å²) in [7, 11) is 0. The van der Waals surface area contributed by atoms with Crippen molar-refractivity contribution in [2.75, 3.05) is 13.1 Å². The van der Waals surface area contributed by atoms with Crippen molar-refractivity contribution in [3.63, 3.8) is 0 Å². The van der Waals surface area contributed by atoms with Crippen molar-refractivity contribution < 1.29 is 18.0 Å². The van der Waals surface area contributed by atoms with Crippen LogP contribution >= 0.6 is 0 Å². The van der Waals surface area contributed by atoms with Crippen LogP contribution in [-0.2, 0) is 10.2 Å². The second kappa shape index (κ2) is 3.98. The molecule has 1 saturated heterocycles. The largest absolute Gasteiger partial charge is 0.471 e. The topological polar surface area (TPSA) is 44.1 Å². The molecule has 6 heteroatoms. The van der Waals surface area contributed by atoms with E-state index in [1.54, 1.807) is 24.3 Å². The van der Waals surface area contributed by atoms with E-state index in [4.69, 9.17) is 5.26 Å². The van der Waals surface area contributed by atoms with E-state index in [1.807, 2.05) is 6.07 Å². The van der Waals surface area contributed by atoms with Crippen molar-refractivity contribution in [2.45, 2.75) is 18.0 Å². The molecule has 1 aromatic carbocycles. The second-order valence-electron chi connectivity index (χ2n) is 5.43. The number of hydrogen-bond acceptors (Lipinski definition) is 2. The lowest BCUT2D eigenvalue weighted by atomic mass is 9.94. The minimum absolute atomic E-state index is 0.0988. The Bertz CT molecular complexity index is 602. The van der Waals surface area contributed by atoms with Gasteiger partial charge in [-0.05, 0) is 30.0 Å². The zero-order chi connectivity index (χ0) is 14.5. The zero-order valence-electron chi connectivity index (χ0n) is 10.4. The summed E-state index contributed by atoms with van der Waals surface area (Å²) in [6.45, 7) is 0.278. The molecule has 1 aromatic rings. The highest BCUT2D eigenvalue weighted by Gasteiger charge is 2.63. The molecule has 20 heavy (non-hydrogen) atoms.